The summed E-state index contributed by atoms with van der Waals surface area (Å²) < 4.78 is 5.40. The van der Waals surface area contributed by atoms with E-state index >= 15 is 0 Å². The number of carbonyl (C=O) groups is 1. The van der Waals surface area contributed by atoms with Crippen LogP contribution in [0, 0.1) is 6.92 Å². The number of nitrogens with zero attached hydrogens (tertiary/aromatic N) is 1. The fourth-order valence-electron chi connectivity index (χ4n) is 2.08. The molecule has 0 unspecified atom stereocenters. The Hall–Kier alpha value is -1.84. The van der Waals surface area contributed by atoms with E-state index in [4.69, 9.17) is 9.57 Å². The van der Waals surface area contributed by atoms with E-state index < -0.39 is 11.2 Å². The third-order valence-electron chi connectivity index (χ3n) is 3.15. The van der Waals surface area contributed by atoms with Crippen molar-refractivity contribution in [3.8, 4) is 0 Å². The second-order valence-electron chi connectivity index (χ2n) is 6.35. The van der Waals surface area contributed by atoms with Crippen molar-refractivity contribution in [2.24, 2.45) is 5.16 Å². The highest BCUT2D eigenvalue weighted by molar-refractivity contribution is 6.05. The molecule has 4 heteroatoms. The van der Waals surface area contributed by atoms with Gasteiger partial charge in [0.25, 0.3) is 0 Å². The summed E-state index contributed by atoms with van der Waals surface area (Å²) >= 11 is 0. The number of hydrogen-bond donors (Lipinski definition) is 0. The smallest absolute Gasteiger partial charge is 0.354 e. The standard InChI is InChI=1S/C16H21NO3/c1-11-8-6-7-9-12(11)13-10-16(5,20-17-13)14(18)19-15(2,3)4/h6-9H,10H2,1-5H3/t16-/m0/s1. The topological polar surface area (TPSA) is 47.9 Å². The summed E-state index contributed by atoms with van der Waals surface area (Å²) in [5.41, 5.74) is 1.35. The summed E-state index contributed by atoms with van der Waals surface area (Å²) in [5, 5.41) is 4.09. The monoisotopic (exact) mass is 275 g/mol. The Morgan fingerprint density at radius 2 is 2.00 bits per heavy atom. The average molecular weight is 275 g/mol. The Labute approximate surface area is 119 Å². The van der Waals surface area contributed by atoms with Crippen molar-refractivity contribution in [1.82, 2.24) is 0 Å². The van der Waals surface area contributed by atoms with Gasteiger partial charge in [0, 0.05) is 12.0 Å². The van der Waals surface area contributed by atoms with Crippen LogP contribution in [-0.2, 0) is 14.4 Å². The van der Waals surface area contributed by atoms with Gasteiger partial charge in [-0.2, -0.15) is 0 Å². The van der Waals surface area contributed by atoms with E-state index in [2.05, 4.69) is 5.16 Å². The van der Waals surface area contributed by atoms with E-state index in [9.17, 15) is 4.79 Å². The zero-order valence-corrected chi connectivity index (χ0v) is 12.7. The fraction of sp³-hybridized carbons (Fsp3) is 0.500. The summed E-state index contributed by atoms with van der Waals surface area (Å²) in [7, 11) is 0. The molecule has 1 heterocycles. The molecule has 1 aliphatic heterocycles. The van der Waals surface area contributed by atoms with Gasteiger partial charge < -0.3 is 9.57 Å². The van der Waals surface area contributed by atoms with Gasteiger partial charge in [-0.3, -0.25) is 0 Å². The number of benzene rings is 1. The quantitative estimate of drug-likeness (QED) is 0.779. The predicted octanol–water partition coefficient (Wildman–Crippen LogP) is 3.22. The van der Waals surface area contributed by atoms with Crippen LogP contribution < -0.4 is 0 Å². The molecule has 0 aliphatic carbocycles. The van der Waals surface area contributed by atoms with Crippen molar-refractivity contribution in [2.75, 3.05) is 0 Å². The zero-order valence-electron chi connectivity index (χ0n) is 12.7. The first kappa shape index (κ1) is 14.6. The van der Waals surface area contributed by atoms with E-state index in [1.54, 1.807) is 6.92 Å². The maximum Gasteiger partial charge on any atom is 0.354 e. The molecular formula is C16H21NO3. The lowest BCUT2D eigenvalue weighted by molar-refractivity contribution is -0.178. The van der Waals surface area contributed by atoms with Crippen LogP contribution >= 0.6 is 0 Å². The van der Waals surface area contributed by atoms with E-state index in [1.807, 2.05) is 52.0 Å². The molecule has 20 heavy (non-hydrogen) atoms. The molecule has 0 fully saturated rings. The molecule has 0 amide bonds. The fourth-order valence-corrected chi connectivity index (χ4v) is 2.08. The lowest BCUT2D eigenvalue weighted by Gasteiger charge is -2.26. The first-order valence-corrected chi connectivity index (χ1v) is 6.76. The lowest BCUT2D eigenvalue weighted by Crippen LogP contribution is -2.41. The first-order chi connectivity index (χ1) is 9.21. The lowest BCUT2D eigenvalue weighted by atomic mass is 9.94. The first-order valence-electron chi connectivity index (χ1n) is 6.76. The van der Waals surface area contributed by atoms with Crippen molar-refractivity contribution in [2.45, 2.75) is 52.2 Å². The largest absolute Gasteiger partial charge is 0.457 e. The van der Waals surface area contributed by atoms with Gasteiger partial charge in [-0.05, 0) is 40.2 Å². The Balaban J connectivity index is 2.15. The van der Waals surface area contributed by atoms with Crippen molar-refractivity contribution in [1.29, 1.82) is 0 Å². The van der Waals surface area contributed by atoms with Crippen LogP contribution in [0.1, 0.15) is 45.2 Å². The second-order valence-corrected chi connectivity index (χ2v) is 6.35. The number of aryl methyl sites for hydroxylation is 1. The summed E-state index contributed by atoms with van der Waals surface area (Å²) in [6, 6.07) is 7.93. The van der Waals surface area contributed by atoms with Crippen LogP contribution in [0.2, 0.25) is 0 Å². The number of ether oxygens (including phenoxy) is 1. The Morgan fingerprint density at radius 1 is 1.35 bits per heavy atom. The maximum atomic E-state index is 12.2. The van der Waals surface area contributed by atoms with Crippen LogP contribution in [0.25, 0.3) is 0 Å². The van der Waals surface area contributed by atoms with Crippen molar-refractivity contribution in [3.63, 3.8) is 0 Å². The molecule has 2 rings (SSSR count). The molecular weight excluding hydrogens is 254 g/mol. The number of hydrogen-bond acceptors (Lipinski definition) is 4. The van der Waals surface area contributed by atoms with Gasteiger partial charge >= 0.3 is 5.97 Å². The van der Waals surface area contributed by atoms with E-state index in [-0.39, 0.29) is 5.97 Å². The van der Waals surface area contributed by atoms with Crippen LogP contribution in [0.3, 0.4) is 0 Å². The average Bonchev–Trinajstić information content (AvgIpc) is 2.72. The van der Waals surface area contributed by atoms with Gasteiger partial charge in [0.15, 0.2) is 0 Å². The Bertz CT molecular complexity index is 557. The van der Waals surface area contributed by atoms with Crippen molar-refractivity contribution in [3.05, 3.63) is 35.4 Å². The minimum atomic E-state index is -1.04. The highest BCUT2D eigenvalue weighted by Crippen LogP contribution is 2.30. The minimum Gasteiger partial charge on any atom is -0.457 e. The molecule has 0 bridgehead atoms. The summed E-state index contributed by atoms with van der Waals surface area (Å²) in [5.74, 6) is -0.377. The molecule has 0 radical (unpaired) electrons. The number of oxime groups is 1. The van der Waals surface area contributed by atoms with Gasteiger partial charge in [0.2, 0.25) is 5.60 Å². The molecule has 0 spiro atoms. The Morgan fingerprint density at radius 3 is 2.60 bits per heavy atom. The normalized spacial score (nSPS) is 22.1. The van der Waals surface area contributed by atoms with E-state index in [1.165, 1.54) is 0 Å². The second kappa shape index (κ2) is 4.93. The molecule has 0 saturated heterocycles. The summed E-state index contributed by atoms with van der Waals surface area (Å²) in [6.45, 7) is 9.25. The van der Waals surface area contributed by atoms with Gasteiger partial charge in [0.05, 0.1) is 5.71 Å². The summed E-state index contributed by atoms with van der Waals surface area (Å²) in [4.78, 5) is 17.6. The molecule has 4 nitrogen and oxygen atoms in total. The van der Waals surface area contributed by atoms with E-state index in [0.717, 1.165) is 16.8 Å². The SMILES string of the molecule is Cc1ccccc1C1=NO[C@](C)(C(=O)OC(C)(C)C)C1. The third-order valence-corrected chi connectivity index (χ3v) is 3.15. The Kier molecular flexibility index (Phi) is 3.59. The van der Waals surface area contributed by atoms with Gasteiger partial charge in [-0.15, -0.1) is 0 Å². The molecule has 1 aliphatic rings. The van der Waals surface area contributed by atoms with Gasteiger partial charge in [-0.1, -0.05) is 29.4 Å². The molecule has 1 aromatic carbocycles. The molecule has 1 atom stereocenters. The molecule has 108 valence electrons. The predicted molar refractivity (Wildman–Crippen MR) is 77.7 cm³/mol. The van der Waals surface area contributed by atoms with Crippen LogP contribution in [0.5, 0.6) is 0 Å². The molecule has 0 aromatic heterocycles. The van der Waals surface area contributed by atoms with Crippen molar-refractivity contribution < 1.29 is 14.4 Å². The van der Waals surface area contributed by atoms with E-state index in [0.29, 0.717) is 6.42 Å². The number of esters is 1. The highest BCUT2D eigenvalue weighted by Gasteiger charge is 2.45. The van der Waals surface area contributed by atoms with Crippen LogP contribution in [0.15, 0.2) is 29.4 Å². The maximum absolute atomic E-state index is 12.2. The zero-order chi connectivity index (χ0) is 15.0. The molecule has 1 aromatic rings. The van der Waals surface area contributed by atoms with Crippen LogP contribution in [-0.4, -0.2) is 22.9 Å². The van der Waals surface area contributed by atoms with Crippen molar-refractivity contribution >= 4 is 11.7 Å². The summed E-state index contributed by atoms with van der Waals surface area (Å²) in [6.07, 6.45) is 0.423. The van der Waals surface area contributed by atoms with Gasteiger partial charge in [0.1, 0.15) is 5.60 Å². The minimum absolute atomic E-state index is 0.377. The number of carbonyl (C=O) groups excluding carboxylic acids is 1. The highest BCUT2D eigenvalue weighted by atomic mass is 16.7. The molecule has 0 N–H and O–H groups in total. The van der Waals surface area contributed by atoms with Crippen LogP contribution in [0.4, 0.5) is 0 Å². The third kappa shape index (κ3) is 3.00. The number of rotatable bonds is 2. The van der Waals surface area contributed by atoms with Gasteiger partial charge in [-0.25, -0.2) is 4.79 Å². The molecule has 0 saturated carbocycles.